The van der Waals surface area contributed by atoms with Crippen LogP contribution in [0.2, 0.25) is 0 Å². The SMILES string of the molecule is C=C(NC1CC(CC)=NC=N1)N1CCCCN(C)c2ccc(-c3cnccc3C)nc21. The van der Waals surface area contributed by atoms with E-state index < -0.39 is 0 Å². The van der Waals surface area contributed by atoms with Gasteiger partial charge >= 0.3 is 0 Å². The quantitative estimate of drug-likeness (QED) is 0.791. The highest BCUT2D eigenvalue weighted by molar-refractivity contribution is 5.92. The van der Waals surface area contributed by atoms with Crippen LogP contribution in [0.3, 0.4) is 0 Å². The Balaban J connectivity index is 1.67. The highest BCUT2D eigenvalue weighted by atomic mass is 15.3. The van der Waals surface area contributed by atoms with Crippen molar-refractivity contribution in [2.45, 2.75) is 45.7 Å². The van der Waals surface area contributed by atoms with Gasteiger partial charge in [0, 0.05) is 50.2 Å². The molecule has 0 amide bonds. The van der Waals surface area contributed by atoms with Crippen molar-refractivity contribution in [1.29, 1.82) is 0 Å². The molecule has 0 spiro atoms. The van der Waals surface area contributed by atoms with Gasteiger partial charge in [-0.05, 0) is 49.9 Å². The van der Waals surface area contributed by atoms with E-state index in [9.17, 15) is 0 Å². The summed E-state index contributed by atoms with van der Waals surface area (Å²) in [5, 5.41) is 3.51. The van der Waals surface area contributed by atoms with Crippen molar-refractivity contribution in [1.82, 2.24) is 15.3 Å². The topological polar surface area (TPSA) is 69.0 Å². The number of hydrogen-bond donors (Lipinski definition) is 1. The zero-order valence-electron chi connectivity index (χ0n) is 18.7. The zero-order valence-corrected chi connectivity index (χ0v) is 18.7. The van der Waals surface area contributed by atoms with Gasteiger partial charge in [-0.15, -0.1) is 0 Å². The van der Waals surface area contributed by atoms with Gasteiger partial charge in [0.05, 0.1) is 11.4 Å². The van der Waals surface area contributed by atoms with E-state index in [1.165, 1.54) is 0 Å². The van der Waals surface area contributed by atoms with E-state index in [-0.39, 0.29) is 6.17 Å². The molecule has 0 bridgehead atoms. The van der Waals surface area contributed by atoms with Crippen LogP contribution in [-0.4, -0.2) is 48.3 Å². The first-order chi connectivity index (χ1) is 15.1. The van der Waals surface area contributed by atoms with Crippen molar-refractivity contribution < 1.29 is 0 Å². The fourth-order valence-corrected chi connectivity index (χ4v) is 4.05. The van der Waals surface area contributed by atoms with Crippen LogP contribution in [0.1, 0.15) is 38.2 Å². The van der Waals surface area contributed by atoms with E-state index in [0.717, 1.165) is 78.6 Å². The van der Waals surface area contributed by atoms with Crippen LogP contribution in [-0.2, 0) is 0 Å². The summed E-state index contributed by atoms with van der Waals surface area (Å²) in [6.07, 6.45) is 9.24. The highest BCUT2D eigenvalue weighted by Crippen LogP contribution is 2.34. The third kappa shape index (κ3) is 4.60. The minimum absolute atomic E-state index is 0.0460. The second-order valence-electron chi connectivity index (χ2n) is 8.13. The molecule has 4 rings (SSSR count). The first-order valence-electron chi connectivity index (χ1n) is 11.0. The average Bonchev–Trinajstić information content (AvgIpc) is 2.77. The molecule has 1 N–H and O–H groups in total. The van der Waals surface area contributed by atoms with Crippen molar-refractivity contribution in [3.05, 3.63) is 48.6 Å². The minimum Gasteiger partial charge on any atom is -0.372 e. The van der Waals surface area contributed by atoms with Crippen molar-refractivity contribution >= 4 is 23.6 Å². The zero-order chi connectivity index (χ0) is 21.8. The lowest BCUT2D eigenvalue weighted by Crippen LogP contribution is -2.40. The standard InChI is InChI=1S/C24H31N7/c1-5-19-14-23(27-16-26-19)28-18(3)31-13-7-6-12-30(4)22-9-8-21(29-24(22)31)20-15-25-11-10-17(20)2/h8-11,15-16,23,28H,3,5-7,12-14H2,1-2,4H3. The van der Waals surface area contributed by atoms with Crippen molar-refractivity contribution in [2.75, 3.05) is 29.9 Å². The monoisotopic (exact) mass is 417 g/mol. The Morgan fingerprint density at radius 3 is 2.87 bits per heavy atom. The lowest BCUT2D eigenvalue weighted by Gasteiger charge is -2.35. The van der Waals surface area contributed by atoms with E-state index in [1.807, 2.05) is 18.5 Å². The predicted octanol–water partition coefficient (Wildman–Crippen LogP) is 4.16. The molecule has 1 unspecified atom stereocenters. The molecule has 0 fully saturated rings. The Labute approximate surface area is 184 Å². The Bertz CT molecular complexity index is 1010. The van der Waals surface area contributed by atoms with E-state index in [2.05, 4.69) is 69.7 Å². The van der Waals surface area contributed by atoms with E-state index >= 15 is 0 Å². The molecule has 31 heavy (non-hydrogen) atoms. The second kappa shape index (κ2) is 9.29. The molecule has 2 aliphatic rings. The van der Waals surface area contributed by atoms with Crippen LogP contribution in [0.5, 0.6) is 0 Å². The molecule has 0 aromatic carbocycles. The van der Waals surface area contributed by atoms with Crippen LogP contribution < -0.4 is 15.1 Å². The first kappa shape index (κ1) is 21.0. The van der Waals surface area contributed by atoms with E-state index in [1.54, 1.807) is 6.34 Å². The molecule has 7 nitrogen and oxygen atoms in total. The van der Waals surface area contributed by atoms with Gasteiger partial charge in [0.25, 0.3) is 0 Å². The minimum atomic E-state index is -0.0460. The summed E-state index contributed by atoms with van der Waals surface area (Å²) in [5.41, 5.74) is 5.39. The van der Waals surface area contributed by atoms with Gasteiger partial charge in [-0.2, -0.15) is 0 Å². The molecule has 2 aliphatic heterocycles. The van der Waals surface area contributed by atoms with Crippen molar-refractivity contribution in [3.63, 3.8) is 0 Å². The van der Waals surface area contributed by atoms with Gasteiger partial charge in [-0.1, -0.05) is 13.5 Å². The number of aliphatic imine (C=N–C) groups is 2. The molecule has 7 heteroatoms. The molecule has 0 saturated heterocycles. The number of rotatable bonds is 5. The predicted molar refractivity (Wildman–Crippen MR) is 129 cm³/mol. The molecule has 0 aliphatic carbocycles. The van der Waals surface area contributed by atoms with Crippen LogP contribution >= 0.6 is 0 Å². The Kier molecular flexibility index (Phi) is 6.30. The molecule has 0 saturated carbocycles. The van der Waals surface area contributed by atoms with Crippen LogP contribution in [0.15, 0.2) is 53.0 Å². The Morgan fingerprint density at radius 2 is 2.06 bits per heavy atom. The maximum atomic E-state index is 5.10. The molecule has 4 heterocycles. The largest absolute Gasteiger partial charge is 0.372 e. The molecule has 1 atom stereocenters. The normalized spacial score (nSPS) is 18.7. The summed E-state index contributed by atoms with van der Waals surface area (Å²) in [5.74, 6) is 1.74. The smallest absolute Gasteiger partial charge is 0.158 e. The third-order valence-corrected chi connectivity index (χ3v) is 5.94. The summed E-state index contributed by atoms with van der Waals surface area (Å²) in [6.45, 7) is 10.5. The first-order valence-corrected chi connectivity index (χ1v) is 11.0. The second-order valence-corrected chi connectivity index (χ2v) is 8.13. The highest BCUT2D eigenvalue weighted by Gasteiger charge is 2.24. The Hall–Kier alpha value is -3.22. The van der Waals surface area contributed by atoms with Gasteiger partial charge in [-0.3, -0.25) is 4.98 Å². The third-order valence-electron chi connectivity index (χ3n) is 5.94. The average molecular weight is 418 g/mol. The summed E-state index contributed by atoms with van der Waals surface area (Å²) in [7, 11) is 2.13. The summed E-state index contributed by atoms with van der Waals surface area (Å²) in [6, 6.07) is 6.27. The number of aryl methyl sites for hydroxylation is 1. The van der Waals surface area contributed by atoms with Gasteiger partial charge in [0.2, 0.25) is 0 Å². The van der Waals surface area contributed by atoms with E-state index in [4.69, 9.17) is 4.98 Å². The van der Waals surface area contributed by atoms with Gasteiger partial charge in [0.15, 0.2) is 5.82 Å². The number of nitrogens with one attached hydrogen (secondary N) is 1. The van der Waals surface area contributed by atoms with Gasteiger partial charge < -0.3 is 15.1 Å². The number of hydrogen-bond acceptors (Lipinski definition) is 7. The fourth-order valence-electron chi connectivity index (χ4n) is 4.05. The van der Waals surface area contributed by atoms with E-state index in [0.29, 0.717) is 0 Å². The number of pyridine rings is 2. The maximum absolute atomic E-state index is 5.10. The number of anilines is 2. The van der Waals surface area contributed by atoms with Gasteiger partial charge in [-0.25, -0.2) is 15.0 Å². The van der Waals surface area contributed by atoms with Crippen molar-refractivity contribution in [3.8, 4) is 11.3 Å². The molecule has 2 aromatic heterocycles. The van der Waals surface area contributed by atoms with Gasteiger partial charge in [0.1, 0.15) is 18.3 Å². The molecule has 162 valence electrons. The summed E-state index contributed by atoms with van der Waals surface area (Å²) in [4.78, 5) is 22.8. The lowest BCUT2D eigenvalue weighted by atomic mass is 10.1. The summed E-state index contributed by atoms with van der Waals surface area (Å²) < 4.78 is 0. The Morgan fingerprint density at radius 1 is 1.23 bits per heavy atom. The number of aromatic nitrogens is 2. The number of nitrogens with zero attached hydrogens (tertiary/aromatic N) is 6. The number of fused-ring (bicyclic) bond motifs is 1. The van der Waals surface area contributed by atoms with Crippen LogP contribution in [0, 0.1) is 6.92 Å². The molecule has 2 aromatic rings. The molecule has 0 radical (unpaired) electrons. The fraction of sp³-hybridized carbons (Fsp3) is 0.417. The van der Waals surface area contributed by atoms with Crippen molar-refractivity contribution in [2.24, 2.45) is 9.98 Å². The lowest BCUT2D eigenvalue weighted by molar-refractivity contribution is 0.575. The molecular formula is C24H31N7. The molecular weight excluding hydrogens is 386 g/mol. The summed E-state index contributed by atoms with van der Waals surface area (Å²) >= 11 is 0. The van der Waals surface area contributed by atoms with Crippen LogP contribution in [0.25, 0.3) is 11.3 Å². The van der Waals surface area contributed by atoms with Crippen LogP contribution in [0.4, 0.5) is 11.5 Å². The maximum Gasteiger partial charge on any atom is 0.158 e.